The molecule has 1 fully saturated rings. The molecule has 1 saturated heterocycles. The molecule has 0 radical (unpaired) electrons. The number of amides is 2. The van der Waals surface area contributed by atoms with E-state index in [1.54, 1.807) is 30.5 Å². The van der Waals surface area contributed by atoms with Gasteiger partial charge in [-0.3, -0.25) is 14.6 Å². The van der Waals surface area contributed by atoms with Gasteiger partial charge in [-0.1, -0.05) is 30.3 Å². The zero-order valence-electron chi connectivity index (χ0n) is 18.2. The molecule has 2 heterocycles. The van der Waals surface area contributed by atoms with Gasteiger partial charge in [0.2, 0.25) is 11.8 Å². The first-order valence-electron chi connectivity index (χ1n) is 11.0. The molecule has 7 heteroatoms. The molecule has 4 rings (SSSR count). The van der Waals surface area contributed by atoms with Crippen molar-refractivity contribution in [1.29, 1.82) is 0 Å². The number of pyridine rings is 1. The van der Waals surface area contributed by atoms with Crippen LogP contribution in [-0.4, -0.2) is 41.4 Å². The summed E-state index contributed by atoms with van der Waals surface area (Å²) in [4.78, 5) is 30.3. The van der Waals surface area contributed by atoms with Crippen molar-refractivity contribution in [2.45, 2.75) is 25.4 Å². The predicted octanol–water partition coefficient (Wildman–Crippen LogP) is 3.91. The van der Waals surface area contributed by atoms with Gasteiger partial charge in [0.1, 0.15) is 11.9 Å². The van der Waals surface area contributed by atoms with E-state index < -0.39 is 5.91 Å². The van der Waals surface area contributed by atoms with Gasteiger partial charge in [0.25, 0.3) is 0 Å². The second-order valence-corrected chi connectivity index (χ2v) is 8.09. The number of aryl methyl sites for hydroxylation is 1. The maximum atomic E-state index is 13.0. The second-order valence-electron chi connectivity index (χ2n) is 8.09. The average Bonchev–Trinajstić information content (AvgIpc) is 2.85. The van der Waals surface area contributed by atoms with Gasteiger partial charge < -0.3 is 15.4 Å². The van der Waals surface area contributed by atoms with Crippen molar-refractivity contribution in [3.05, 3.63) is 89.5 Å². The van der Waals surface area contributed by atoms with E-state index in [4.69, 9.17) is 10.5 Å². The lowest BCUT2D eigenvalue weighted by Gasteiger charge is -2.32. The first-order valence-corrected chi connectivity index (χ1v) is 11.0. The minimum atomic E-state index is -0.459. The van der Waals surface area contributed by atoms with Crippen LogP contribution >= 0.6 is 0 Å². The van der Waals surface area contributed by atoms with Crippen LogP contribution in [0.15, 0.2) is 66.9 Å². The number of nitrogens with two attached hydrogens (primary N) is 1. The third-order valence-electron chi connectivity index (χ3n) is 5.81. The topological polar surface area (TPSA) is 85.5 Å². The van der Waals surface area contributed by atoms with Gasteiger partial charge in [0, 0.05) is 30.3 Å². The van der Waals surface area contributed by atoms with E-state index in [9.17, 15) is 14.0 Å². The van der Waals surface area contributed by atoms with Gasteiger partial charge in [-0.15, -0.1) is 0 Å². The lowest BCUT2D eigenvalue weighted by Crippen LogP contribution is -2.42. The maximum absolute atomic E-state index is 13.0. The number of morpholine rings is 1. The van der Waals surface area contributed by atoms with Gasteiger partial charge in [-0.2, -0.15) is 0 Å². The molecule has 3 aromatic rings. The van der Waals surface area contributed by atoms with Crippen molar-refractivity contribution in [2.75, 3.05) is 19.7 Å². The van der Waals surface area contributed by atoms with Gasteiger partial charge in [0.05, 0.1) is 18.8 Å². The van der Waals surface area contributed by atoms with Gasteiger partial charge in [-0.05, 0) is 54.3 Å². The molecule has 1 aliphatic heterocycles. The zero-order valence-corrected chi connectivity index (χ0v) is 18.2. The number of carbonyl (C=O) groups is 2. The van der Waals surface area contributed by atoms with Crippen LogP contribution in [0, 0.1) is 5.82 Å². The molecular weight excluding hydrogens is 421 g/mol. The third kappa shape index (κ3) is 5.81. The van der Waals surface area contributed by atoms with Crippen LogP contribution in [0.25, 0.3) is 11.1 Å². The molecule has 170 valence electrons. The molecule has 1 aromatic heterocycles. The fourth-order valence-corrected chi connectivity index (χ4v) is 3.90. The van der Waals surface area contributed by atoms with E-state index in [0.29, 0.717) is 38.1 Å². The number of aromatic nitrogens is 1. The van der Waals surface area contributed by atoms with E-state index in [2.05, 4.69) is 4.98 Å². The Labute approximate surface area is 192 Å². The zero-order chi connectivity index (χ0) is 23.2. The maximum Gasteiger partial charge on any atom is 0.248 e. The number of hydrogen-bond donors (Lipinski definition) is 1. The minimum Gasteiger partial charge on any atom is -0.368 e. The van der Waals surface area contributed by atoms with Gasteiger partial charge in [-0.25, -0.2) is 4.39 Å². The van der Waals surface area contributed by atoms with Crippen LogP contribution in [-0.2, 0) is 16.0 Å². The Balaban J connectivity index is 1.32. The summed E-state index contributed by atoms with van der Waals surface area (Å²) in [6.45, 7) is 1.50. The summed E-state index contributed by atoms with van der Waals surface area (Å²) in [5.74, 6) is -0.618. The quantitative estimate of drug-likeness (QED) is 0.595. The molecular formula is C26H26FN3O3. The van der Waals surface area contributed by atoms with Crippen molar-refractivity contribution in [3.8, 4) is 11.1 Å². The highest BCUT2D eigenvalue weighted by Crippen LogP contribution is 2.25. The van der Waals surface area contributed by atoms with E-state index in [1.807, 2.05) is 29.2 Å². The third-order valence-corrected chi connectivity index (χ3v) is 5.81. The summed E-state index contributed by atoms with van der Waals surface area (Å²) in [5.41, 5.74) is 9.40. The lowest BCUT2D eigenvalue weighted by molar-refractivity contribution is -0.139. The smallest absolute Gasteiger partial charge is 0.248 e. The molecule has 0 spiro atoms. The highest BCUT2D eigenvalue weighted by molar-refractivity contribution is 5.93. The summed E-state index contributed by atoms with van der Waals surface area (Å²) in [6.07, 6.45) is 3.39. The number of rotatable bonds is 7. The first kappa shape index (κ1) is 22.6. The Kier molecular flexibility index (Phi) is 7.10. The Morgan fingerprint density at radius 2 is 1.76 bits per heavy atom. The fourth-order valence-electron chi connectivity index (χ4n) is 3.90. The van der Waals surface area contributed by atoms with E-state index in [0.717, 1.165) is 28.8 Å². The van der Waals surface area contributed by atoms with Crippen LogP contribution in [0.2, 0.25) is 0 Å². The van der Waals surface area contributed by atoms with Crippen LogP contribution in [0.5, 0.6) is 0 Å². The molecule has 1 unspecified atom stereocenters. The molecule has 6 nitrogen and oxygen atoms in total. The van der Waals surface area contributed by atoms with Crippen molar-refractivity contribution >= 4 is 11.8 Å². The Hall–Kier alpha value is -3.58. The van der Waals surface area contributed by atoms with Gasteiger partial charge >= 0.3 is 0 Å². The summed E-state index contributed by atoms with van der Waals surface area (Å²) < 4.78 is 18.9. The Morgan fingerprint density at radius 3 is 2.42 bits per heavy atom. The monoisotopic (exact) mass is 447 g/mol. The van der Waals surface area contributed by atoms with Crippen LogP contribution in [0.4, 0.5) is 4.39 Å². The molecule has 1 aliphatic rings. The van der Waals surface area contributed by atoms with Crippen LogP contribution < -0.4 is 5.73 Å². The normalized spacial score (nSPS) is 15.9. The largest absolute Gasteiger partial charge is 0.368 e. The van der Waals surface area contributed by atoms with Gasteiger partial charge in [0.15, 0.2) is 0 Å². The predicted molar refractivity (Wildman–Crippen MR) is 123 cm³/mol. The molecule has 0 aliphatic carbocycles. The number of primary amides is 1. The first-order chi connectivity index (χ1) is 16.0. The molecule has 2 N–H and O–H groups in total. The number of nitrogens with zero attached hydrogens (tertiary/aromatic N) is 2. The molecule has 33 heavy (non-hydrogen) atoms. The van der Waals surface area contributed by atoms with Crippen LogP contribution in [0.3, 0.4) is 0 Å². The van der Waals surface area contributed by atoms with Crippen molar-refractivity contribution in [1.82, 2.24) is 9.88 Å². The standard InChI is InChI=1S/C26H26FN3O3/c27-22-11-4-18(5-12-22)2-1-3-25(31)30-14-15-33-24(17-30)23-13-10-21(16-29-23)19-6-8-20(9-7-19)26(28)32/h4-13,16,24H,1-3,14-15,17H2,(H2,28,32). The Bertz CT molecular complexity index is 1100. The highest BCUT2D eigenvalue weighted by Gasteiger charge is 2.26. The minimum absolute atomic E-state index is 0.0940. The van der Waals surface area contributed by atoms with E-state index >= 15 is 0 Å². The molecule has 0 saturated carbocycles. The molecule has 1 atom stereocenters. The number of benzene rings is 2. The SMILES string of the molecule is NC(=O)c1ccc(-c2ccc(C3CN(C(=O)CCCc4ccc(F)cc4)CCO3)nc2)cc1. The number of ether oxygens (including phenoxy) is 1. The van der Waals surface area contributed by atoms with Crippen molar-refractivity contribution < 1.29 is 18.7 Å². The van der Waals surface area contributed by atoms with Crippen LogP contribution in [0.1, 0.15) is 40.6 Å². The summed E-state index contributed by atoms with van der Waals surface area (Å²) in [6, 6.07) is 17.3. The molecule has 0 bridgehead atoms. The number of hydrogen-bond acceptors (Lipinski definition) is 4. The molecule has 2 aromatic carbocycles. The van der Waals surface area contributed by atoms with Crippen molar-refractivity contribution in [3.63, 3.8) is 0 Å². The molecule has 2 amide bonds. The average molecular weight is 448 g/mol. The van der Waals surface area contributed by atoms with E-state index in [-0.39, 0.29) is 17.8 Å². The summed E-state index contributed by atoms with van der Waals surface area (Å²) >= 11 is 0. The summed E-state index contributed by atoms with van der Waals surface area (Å²) in [7, 11) is 0. The number of halogens is 1. The Morgan fingerprint density at radius 1 is 1.03 bits per heavy atom. The summed E-state index contributed by atoms with van der Waals surface area (Å²) in [5, 5.41) is 0. The fraction of sp³-hybridized carbons (Fsp3) is 0.269. The highest BCUT2D eigenvalue weighted by atomic mass is 19.1. The van der Waals surface area contributed by atoms with Crippen molar-refractivity contribution in [2.24, 2.45) is 5.73 Å². The second kappa shape index (κ2) is 10.4. The van der Waals surface area contributed by atoms with E-state index in [1.165, 1.54) is 12.1 Å². The lowest BCUT2D eigenvalue weighted by atomic mass is 10.0. The number of carbonyl (C=O) groups excluding carboxylic acids is 2.